The van der Waals surface area contributed by atoms with E-state index in [0.29, 0.717) is 17.1 Å². The maximum absolute atomic E-state index is 13.7. The highest BCUT2D eigenvalue weighted by Gasteiger charge is 2.20. The van der Waals surface area contributed by atoms with Gasteiger partial charge in [-0.05, 0) is 47.7 Å². The molecule has 2 heterocycles. The predicted molar refractivity (Wildman–Crippen MR) is 86.6 cm³/mol. The van der Waals surface area contributed by atoms with Crippen molar-refractivity contribution >= 4 is 26.7 Å². The van der Waals surface area contributed by atoms with Crippen molar-refractivity contribution in [1.82, 2.24) is 20.6 Å². The topological polar surface area (TPSA) is 114 Å². The van der Waals surface area contributed by atoms with Gasteiger partial charge in [0.2, 0.25) is 5.82 Å². The Balaban J connectivity index is 1.67. The number of nitrogens with zero attached hydrogens (tertiary/aromatic N) is 3. The zero-order valence-electron chi connectivity index (χ0n) is 12.5. The van der Waals surface area contributed by atoms with Crippen LogP contribution in [-0.4, -0.2) is 29.0 Å². The van der Waals surface area contributed by atoms with Crippen molar-refractivity contribution in [3.05, 3.63) is 54.5 Å². The van der Waals surface area contributed by atoms with Crippen LogP contribution in [0.2, 0.25) is 0 Å². The number of benzene rings is 2. The molecule has 4 rings (SSSR count). The van der Waals surface area contributed by atoms with Gasteiger partial charge < -0.3 is 4.42 Å². The van der Waals surface area contributed by atoms with E-state index >= 15 is 0 Å². The molecule has 0 spiro atoms. The molecule has 2 N–H and O–H groups in total. The van der Waals surface area contributed by atoms with Gasteiger partial charge in [0, 0.05) is 16.6 Å². The highest BCUT2D eigenvalue weighted by Crippen LogP contribution is 2.28. The summed E-state index contributed by atoms with van der Waals surface area (Å²) in [4.78, 5) is -0.0695. The van der Waals surface area contributed by atoms with Crippen molar-refractivity contribution in [2.24, 2.45) is 0 Å². The SMILES string of the molecule is O=S(=O)(Nc1ccc(-c2nn[nH]n2)cc1)c1ccc(F)c2occc12. The number of halogens is 1. The Morgan fingerprint density at radius 1 is 1.08 bits per heavy atom. The van der Waals surface area contributed by atoms with Gasteiger partial charge >= 0.3 is 0 Å². The zero-order chi connectivity index (χ0) is 17.4. The summed E-state index contributed by atoms with van der Waals surface area (Å²) >= 11 is 0. The van der Waals surface area contributed by atoms with E-state index in [1.54, 1.807) is 24.3 Å². The number of aromatic nitrogens is 4. The van der Waals surface area contributed by atoms with Gasteiger partial charge in [-0.1, -0.05) is 0 Å². The molecule has 0 bridgehead atoms. The molecule has 0 saturated heterocycles. The molecule has 0 aliphatic carbocycles. The van der Waals surface area contributed by atoms with Crippen LogP contribution in [0.3, 0.4) is 0 Å². The lowest BCUT2D eigenvalue weighted by Crippen LogP contribution is -2.13. The number of hydrogen-bond acceptors (Lipinski definition) is 6. The minimum atomic E-state index is -3.92. The molecule has 0 aliphatic rings. The number of rotatable bonds is 4. The summed E-state index contributed by atoms with van der Waals surface area (Å²) in [5.74, 6) is -0.225. The third kappa shape index (κ3) is 2.72. The molecule has 0 aliphatic heterocycles. The highest BCUT2D eigenvalue weighted by atomic mass is 32.2. The molecule has 0 fully saturated rings. The molecule has 4 aromatic rings. The molecule has 8 nitrogen and oxygen atoms in total. The number of H-pyrrole nitrogens is 1. The van der Waals surface area contributed by atoms with Crippen molar-refractivity contribution in [3.8, 4) is 11.4 Å². The fourth-order valence-corrected chi connectivity index (χ4v) is 3.67. The molecule has 0 unspecified atom stereocenters. The fraction of sp³-hybridized carbons (Fsp3) is 0. The Morgan fingerprint density at radius 3 is 2.60 bits per heavy atom. The largest absolute Gasteiger partial charge is 0.461 e. The second-order valence-corrected chi connectivity index (χ2v) is 6.78. The van der Waals surface area contributed by atoms with Crippen molar-refractivity contribution in [1.29, 1.82) is 0 Å². The monoisotopic (exact) mass is 359 g/mol. The molecule has 2 aromatic carbocycles. The zero-order valence-corrected chi connectivity index (χ0v) is 13.3. The summed E-state index contributed by atoms with van der Waals surface area (Å²) in [5, 5.41) is 13.7. The lowest BCUT2D eigenvalue weighted by atomic mass is 10.2. The molecule has 2 aromatic heterocycles. The fourth-order valence-electron chi connectivity index (χ4n) is 2.42. The van der Waals surface area contributed by atoms with Gasteiger partial charge in [0.05, 0.1) is 11.2 Å². The third-order valence-electron chi connectivity index (χ3n) is 3.56. The van der Waals surface area contributed by atoms with Crippen LogP contribution in [0, 0.1) is 5.82 Å². The highest BCUT2D eigenvalue weighted by molar-refractivity contribution is 7.93. The summed E-state index contributed by atoms with van der Waals surface area (Å²) in [6, 6.07) is 10.1. The predicted octanol–water partition coefficient (Wildman–Crippen LogP) is 2.55. The molecule has 0 amide bonds. The van der Waals surface area contributed by atoms with E-state index in [-0.39, 0.29) is 15.9 Å². The lowest BCUT2D eigenvalue weighted by molar-refractivity contribution is 0.559. The first kappa shape index (κ1) is 15.3. The van der Waals surface area contributed by atoms with Gasteiger partial charge in [-0.2, -0.15) is 5.21 Å². The van der Waals surface area contributed by atoms with Crippen LogP contribution in [0.5, 0.6) is 0 Å². The normalized spacial score (nSPS) is 11.7. The molecule has 0 radical (unpaired) electrons. The Kier molecular flexibility index (Phi) is 3.46. The number of tetrazole rings is 1. The van der Waals surface area contributed by atoms with Crippen molar-refractivity contribution in [2.45, 2.75) is 4.90 Å². The van der Waals surface area contributed by atoms with Crippen molar-refractivity contribution in [2.75, 3.05) is 4.72 Å². The number of anilines is 1. The molecule has 0 saturated carbocycles. The molecular weight excluding hydrogens is 349 g/mol. The second-order valence-electron chi connectivity index (χ2n) is 5.13. The Hall–Kier alpha value is -3.27. The number of hydrogen-bond donors (Lipinski definition) is 2. The van der Waals surface area contributed by atoms with E-state index in [1.807, 2.05) is 0 Å². The lowest BCUT2D eigenvalue weighted by Gasteiger charge is -2.09. The van der Waals surface area contributed by atoms with E-state index in [4.69, 9.17) is 4.42 Å². The number of sulfonamides is 1. The molecular formula is C15H10FN5O3S. The number of nitrogens with one attached hydrogen (secondary N) is 2. The van der Waals surface area contributed by atoms with Crippen LogP contribution in [0.4, 0.5) is 10.1 Å². The van der Waals surface area contributed by atoms with E-state index in [2.05, 4.69) is 25.3 Å². The van der Waals surface area contributed by atoms with Crippen molar-refractivity contribution < 1.29 is 17.2 Å². The van der Waals surface area contributed by atoms with Gasteiger partial charge in [-0.25, -0.2) is 12.8 Å². The molecule has 126 valence electrons. The first-order valence-electron chi connectivity index (χ1n) is 7.07. The number of furan rings is 1. The first-order chi connectivity index (χ1) is 12.0. The van der Waals surface area contributed by atoms with Crippen LogP contribution in [0.25, 0.3) is 22.4 Å². The maximum Gasteiger partial charge on any atom is 0.262 e. The standard InChI is InChI=1S/C15H10FN5O3S/c16-12-5-6-13(11-7-8-24-14(11)12)25(22,23)19-10-3-1-9(2-4-10)15-17-20-21-18-15/h1-8,19H,(H,17,18,20,21). The van der Waals surface area contributed by atoms with E-state index in [9.17, 15) is 12.8 Å². The van der Waals surface area contributed by atoms with Gasteiger partial charge in [0.25, 0.3) is 10.0 Å². The maximum atomic E-state index is 13.7. The molecule has 25 heavy (non-hydrogen) atoms. The summed E-state index contributed by atoms with van der Waals surface area (Å²) in [6.07, 6.45) is 1.24. The average Bonchev–Trinajstić information content (AvgIpc) is 3.27. The Bertz CT molecular complexity index is 1140. The van der Waals surface area contributed by atoms with Crippen LogP contribution in [-0.2, 0) is 10.0 Å². The minimum Gasteiger partial charge on any atom is -0.461 e. The van der Waals surface area contributed by atoms with E-state index in [1.165, 1.54) is 18.4 Å². The second kappa shape index (κ2) is 5.67. The minimum absolute atomic E-state index is 0.0695. The smallest absolute Gasteiger partial charge is 0.262 e. The number of aromatic amines is 1. The Labute approximate surface area is 140 Å². The van der Waals surface area contributed by atoms with E-state index < -0.39 is 15.8 Å². The van der Waals surface area contributed by atoms with Gasteiger partial charge in [-0.15, -0.1) is 10.2 Å². The van der Waals surface area contributed by atoms with Crippen molar-refractivity contribution in [3.63, 3.8) is 0 Å². The van der Waals surface area contributed by atoms with Gasteiger partial charge in [0.15, 0.2) is 11.4 Å². The van der Waals surface area contributed by atoms with Crippen LogP contribution >= 0.6 is 0 Å². The Morgan fingerprint density at radius 2 is 1.88 bits per heavy atom. The quantitative estimate of drug-likeness (QED) is 0.579. The number of fused-ring (bicyclic) bond motifs is 1. The third-order valence-corrected chi connectivity index (χ3v) is 5.00. The molecule has 0 atom stereocenters. The summed E-state index contributed by atoms with van der Waals surface area (Å²) < 4.78 is 46.4. The van der Waals surface area contributed by atoms with Crippen LogP contribution in [0.15, 0.2) is 58.0 Å². The summed E-state index contributed by atoms with van der Waals surface area (Å²) in [5.41, 5.74) is 0.916. The summed E-state index contributed by atoms with van der Waals surface area (Å²) in [6.45, 7) is 0. The van der Waals surface area contributed by atoms with Gasteiger partial charge in [-0.3, -0.25) is 4.72 Å². The van der Waals surface area contributed by atoms with E-state index in [0.717, 1.165) is 6.07 Å². The molecule has 10 heteroatoms. The van der Waals surface area contributed by atoms with Crippen LogP contribution in [0.1, 0.15) is 0 Å². The summed E-state index contributed by atoms with van der Waals surface area (Å²) in [7, 11) is -3.92. The van der Waals surface area contributed by atoms with Crippen LogP contribution < -0.4 is 4.72 Å². The van der Waals surface area contributed by atoms with Gasteiger partial charge in [0.1, 0.15) is 0 Å². The average molecular weight is 359 g/mol. The first-order valence-corrected chi connectivity index (χ1v) is 8.55.